The topological polar surface area (TPSA) is 82.4 Å². The molecule has 1 atom stereocenters. The van der Waals surface area contributed by atoms with Gasteiger partial charge in [-0.05, 0) is 54.9 Å². The van der Waals surface area contributed by atoms with Crippen LogP contribution in [0.5, 0.6) is 0 Å². The number of amides is 1. The van der Waals surface area contributed by atoms with Crippen molar-refractivity contribution in [2.75, 3.05) is 12.4 Å². The summed E-state index contributed by atoms with van der Waals surface area (Å²) >= 11 is 2.19. The van der Waals surface area contributed by atoms with Crippen LogP contribution in [0.3, 0.4) is 0 Å². The predicted molar refractivity (Wildman–Crippen MR) is 98.7 cm³/mol. The number of hydrogen-bond donors (Lipinski definition) is 1. The van der Waals surface area contributed by atoms with Gasteiger partial charge in [0.15, 0.2) is 0 Å². The van der Waals surface area contributed by atoms with Crippen LogP contribution in [0.1, 0.15) is 31.1 Å². The minimum Gasteiger partial charge on any atom is -0.465 e. The van der Waals surface area contributed by atoms with Crippen molar-refractivity contribution in [3.63, 3.8) is 0 Å². The summed E-state index contributed by atoms with van der Waals surface area (Å²) in [6.45, 7) is 5.34. The zero-order valence-corrected chi connectivity index (χ0v) is 16.3. The third kappa shape index (κ3) is 4.32. The number of benzene rings is 1. The molecule has 0 aliphatic carbocycles. The Hall–Kier alpha value is -1.41. The van der Waals surface area contributed by atoms with Crippen LogP contribution in [0.4, 0.5) is 10.5 Å². The summed E-state index contributed by atoms with van der Waals surface area (Å²) in [5, 5.41) is 7.67. The maximum atomic E-state index is 12.0. The van der Waals surface area contributed by atoms with Gasteiger partial charge < -0.3 is 9.47 Å². The summed E-state index contributed by atoms with van der Waals surface area (Å²) in [6, 6.07) is 3.25. The van der Waals surface area contributed by atoms with Gasteiger partial charge in [-0.1, -0.05) is 0 Å². The lowest BCUT2D eigenvalue weighted by Gasteiger charge is -2.20. The maximum absolute atomic E-state index is 12.0. The highest BCUT2D eigenvalue weighted by molar-refractivity contribution is 14.2. The molecule has 1 N–H and O–H groups in total. The first-order valence-electron chi connectivity index (χ1n) is 6.72. The van der Waals surface area contributed by atoms with E-state index in [-0.39, 0.29) is 0 Å². The number of carbonyl (C=O) groups is 2. The fourth-order valence-corrected chi connectivity index (χ4v) is 3.48. The van der Waals surface area contributed by atoms with Crippen LogP contribution in [-0.4, -0.2) is 34.3 Å². The lowest BCUT2D eigenvalue weighted by Crippen LogP contribution is -2.27. The van der Waals surface area contributed by atoms with E-state index >= 15 is 0 Å². The molecule has 124 valence electrons. The molecule has 0 saturated carbocycles. The van der Waals surface area contributed by atoms with E-state index in [4.69, 9.17) is 9.47 Å². The molecule has 2 aromatic rings. The molecule has 1 amide bonds. The Morgan fingerprint density at radius 3 is 2.61 bits per heavy atom. The number of fused-ring (bicyclic) bond motifs is 1. The fourth-order valence-electron chi connectivity index (χ4n) is 1.95. The van der Waals surface area contributed by atoms with Gasteiger partial charge in [0.2, 0.25) is 0 Å². The first-order valence-corrected chi connectivity index (χ1v) is 10.8. The molecule has 1 unspecified atom stereocenters. The number of methoxy groups -OCH3 is 1. The van der Waals surface area contributed by atoms with Crippen molar-refractivity contribution in [2.24, 2.45) is 0 Å². The lowest BCUT2D eigenvalue weighted by atomic mass is 10.1. The Morgan fingerprint density at radius 2 is 2.04 bits per heavy atom. The Labute approximate surface area is 148 Å². The van der Waals surface area contributed by atoms with E-state index in [2.05, 4.69) is 32.5 Å². The Kier molecular flexibility index (Phi) is 5.46. The average Bonchev–Trinajstić information content (AvgIpc) is 2.87. The Morgan fingerprint density at radius 1 is 1.35 bits per heavy atom. The maximum Gasteiger partial charge on any atom is 0.412 e. The Balaban J connectivity index is 2.46. The molecule has 0 spiro atoms. The van der Waals surface area contributed by atoms with Gasteiger partial charge in [0.25, 0.3) is 0 Å². The van der Waals surface area contributed by atoms with Crippen LogP contribution in [0.2, 0.25) is 0 Å². The van der Waals surface area contributed by atoms with Crippen molar-refractivity contribution < 1.29 is 19.1 Å². The first kappa shape index (κ1) is 17.9. The van der Waals surface area contributed by atoms with Gasteiger partial charge in [-0.2, -0.15) is 5.10 Å². The summed E-state index contributed by atoms with van der Waals surface area (Å²) in [5.74, 6) is -0.483. The number of anilines is 1. The van der Waals surface area contributed by atoms with Crippen LogP contribution in [0.15, 0.2) is 18.3 Å². The number of ether oxygens (including phenoxy) is 2. The zero-order chi connectivity index (χ0) is 17.2. The number of rotatable bonds is 3. The SMILES string of the molecule is COC(=O)c1cc(NC(=O)OC(C)(C)C)c2cnn(PI)c2c1. The lowest BCUT2D eigenvalue weighted by molar-refractivity contribution is 0.0596. The zero-order valence-electron chi connectivity index (χ0n) is 13.1. The minimum atomic E-state index is -0.614. The van der Waals surface area contributed by atoms with E-state index in [1.54, 1.807) is 43.6 Å². The number of esters is 1. The van der Waals surface area contributed by atoms with Gasteiger partial charge in [-0.15, -0.1) is 0 Å². The third-order valence-electron chi connectivity index (χ3n) is 2.83. The van der Waals surface area contributed by atoms with E-state index in [9.17, 15) is 9.59 Å². The number of aromatic nitrogens is 2. The summed E-state index contributed by atoms with van der Waals surface area (Å²) in [6.07, 6.45) is 1.42. The number of carbonyl (C=O) groups excluding carboxylic acids is 2. The number of nitrogens with one attached hydrogen (secondary N) is 1. The van der Waals surface area contributed by atoms with Gasteiger partial charge in [0, 0.05) is 5.39 Å². The van der Waals surface area contributed by atoms with Crippen molar-refractivity contribution in [1.29, 1.82) is 0 Å². The predicted octanol–water partition coefficient (Wildman–Crippen LogP) is 3.96. The summed E-state index contributed by atoms with van der Waals surface area (Å²) in [4.78, 5) is 23.9. The molecule has 1 aromatic heterocycles. The van der Waals surface area contributed by atoms with Crippen LogP contribution in [0.25, 0.3) is 10.9 Å². The summed E-state index contributed by atoms with van der Waals surface area (Å²) in [5.41, 5.74) is 0.920. The minimum absolute atomic E-state index is 0.336. The van der Waals surface area contributed by atoms with E-state index in [1.807, 2.05) is 0 Å². The van der Waals surface area contributed by atoms with Crippen molar-refractivity contribution in [2.45, 2.75) is 26.4 Å². The molecule has 0 aliphatic heterocycles. The quantitative estimate of drug-likeness (QED) is 0.436. The van der Waals surface area contributed by atoms with Gasteiger partial charge in [-0.3, -0.25) is 5.32 Å². The summed E-state index contributed by atoms with van der Waals surface area (Å²) in [7, 11) is 1.31. The highest BCUT2D eigenvalue weighted by Crippen LogP contribution is 2.33. The second-order valence-electron chi connectivity index (χ2n) is 5.72. The fraction of sp³-hybridized carbons (Fsp3) is 0.357. The van der Waals surface area contributed by atoms with Crippen LogP contribution >= 0.6 is 28.4 Å². The number of nitrogens with zero attached hydrogens (tertiary/aromatic N) is 2. The van der Waals surface area contributed by atoms with E-state index in [0.29, 0.717) is 17.6 Å². The van der Waals surface area contributed by atoms with Crippen molar-refractivity contribution in [3.05, 3.63) is 23.9 Å². The second kappa shape index (κ2) is 7.00. The highest BCUT2D eigenvalue weighted by atomic mass is 127. The molecule has 0 fully saturated rings. The largest absolute Gasteiger partial charge is 0.465 e. The molecule has 1 aromatic carbocycles. The molecule has 1 heterocycles. The molecule has 2 rings (SSSR count). The average molecular weight is 449 g/mol. The molecular weight excluding hydrogens is 432 g/mol. The first-order chi connectivity index (χ1) is 10.7. The summed E-state index contributed by atoms with van der Waals surface area (Å²) < 4.78 is 11.8. The molecule has 0 radical (unpaired) electrons. The monoisotopic (exact) mass is 449 g/mol. The van der Waals surface area contributed by atoms with Crippen LogP contribution < -0.4 is 5.32 Å². The van der Waals surface area contributed by atoms with Crippen molar-refractivity contribution >= 4 is 57.1 Å². The van der Waals surface area contributed by atoms with E-state index < -0.39 is 17.7 Å². The highest BCUT2D eigenvalue weighted by Gasteiger charge is 2.19. The van der Waals surface area contributed by atoms with Gasteiger partial charge in [-0.25, -0.2) is 14.0 Å². The molecule has 0 bridgehead atoms. The van der Waals surface area contributed by atoms with E-state index in [1.165, 1.54) is 7.11 Å². The second-order valence-corrected chi connectivity index (χ2v) is 7.76. The van der Waals surface area contributed by atoms with Crippen molar-refractivity contribution in [3.8, 4) is 0 Å². The van der Waals surface area contributed by atoms with E-state index in [0.717, 1.165) is 10.9 Å². The molecule has 23 heavy (non-hydrogen) atoms. The number of halogens is 1. The molecule has 0 aliphatic rings. The molecule has 9 heteroatoms. The normalized spacial score (nSPS) is 11.9. The van der Waals surface area contributed by atoms with Gasteiger partial charge in [0.05, 0.1) is 36.4 Å². The van der Waals surface area contributed by atoms with Gasteiger partial charge >= 0.3 is 12.1 Å². The third-order valence-corrected chi connectivity index (χ3v) is 4.71. The molecular formula is C14H17IN3O4P. The smallest absolute Gasteiger partial charge is 0.412 e. The van der Waals surface area contributed by atoms with Crippen LogP contribution in [0, 0.1) is 0 Å². The molecule has 0 saturated heterocycles. The molecule has 7 nitrogen and oxygen atoms in total. The Bertz CT molecular complexity index is 754. The van der Waals surface area contributed by atoms with Gasteiger partial charge in [0.1, 0.15) is 5.60 Å². The number of hydrogen-bond acceptors (Lipinski definition) is 5. The van der Waals surface area contributed by atoms with Crippen molar-refractivity contribution in [1.82, 2.24) is 9.55 Å². The standard InChI is InChI=1S/C14H17IN3O4P/c1-14(2,3)22-13(20)17-10-5-8(12(19)21-4)6-11-9(10)7-16-18(11)23-15/h5-7,23H,1-4H3,(H,17,20). The van der Waals surface area contributed by atoms with Crippen LogP contribution in [-0.2, 0) is 9.47 Å².